The molecule has 1 aromatic carbocycles. The molecule has 0 fully saturated rings. The zero-order chi connectivity index (χ0) is 14.5. The maximum absolute atomic E-state index is 5.61. The number of benzene rings is 1. The van der Waals surface area contributed by atoms with Gasteiger partial charge in [-0.05, 0) is 24.6 Å². The van der Waals surface area contributed by atoms with Crippen molar-refractivity contribution in [1.29, 1.82) is 0 Å². The monoisotopic (exact) mass is 274 g/mol. The van der Waals surface area contributed by atoms with Crippen molar-refractivity contribution in [3.63, 3.8) is 0 Å². The number of nitrogens with zero attached hydrogens (tertiary/aromatic N) is 2. The third-order valence-electron chi connectivity index (χ3n) is 2.93. The van der Waals surface area contributed by atoms with Gasteiger partial charge in [0.05, 0.1) is 32.7 Å². The van der Waals surface area contributed by atoms with Gasteiger partial charge < -0.3 is 20.5 Å². The minimum atomic E-state index is 0.0332. The van der Waals surface area contributed by atoms with Gasteiger partial charge in [-0.25, -0.2) is 4.98 Å². The van der Waals surface area contributed by atoms with Gasteiger partial charge >= 0.3 is 0 Å². The number of methoxy groups -OCH3 is 2. The smallest absolute Gasteiger partial charge is 0.161 e. The molecule has 0 saturated carbocycles. The van der Waals surface area contributed by atoms with E-state index < -0.39 is 0 Å². The van der Waals surface area contributed by atoms with Crippen LogP contribution in [0.5, 0.6) is 11.5 Å². The molecule has 0 spiro atoms. The van der Waals surface area contributed by atoms with E-state index in [0.717, 1.165) is 5.56 Å². The highest BCUT2D eigenvalue weighted by atomic mass is 16.5. The predicted octanol–water partition coefficient (Wildman–Crippen LogP) is 2.25. The Hall–Kier alpha value is -2.50. The van der Waals surface area contributed by atoms with Crippen molar-refractivity contribution in [2.24, 2.45) is 0 Å². The lowest BCUT2D eigenvalue weighted by Gasteiger charge is -2.17. The second-order valence-electron chi connectivity index (χ2n) is 4.31. The SMILES string of the molecule is COc1ccc(C(C)Nc2cncc(N)n2)cc1OC. The van der Waals surface area contributed by atoms with E-state index in [1.807, 2.05) is 25.1 Å². The molecule has 20 heavy (non-hydrogen) atoms. The quantitative estimate of drug-likeness (QED) is 0.870. The van der Waals surface area contributed by atoms with Crippen LogP contribution >= 0.6 is 0 Å². The van der Waals surface area contributed by atoms with Gasteiger partial charge in [0.1, 0.15) is 11.6 Å². The maximum atomic E-state index is 5.61. The molecule has 0 aliphatic rings. The lowest BCUT2D eigenvalue weighted by Crippen LogP contribution is -2.09. The molecule has 0 radical (unpaired) electrons. The van der Waals surface area contributed by atoms with Crippen molar-refractivity contribution in [2.45, 2.75) is 13.0 Å². The first-order valence-corrected chi connectivity index (χ1v) is 6.20. The van der Waals surface area contributed by atoms with Crippen molar-refractivity contribution in [2.75, 3.05) is 25.3 Å². The van der Waals surface area contributed by atoms with Crippen molar-refractivity contribution >= 4 is 11.6 Å². The minimum absolute atomic E-state index is 0.0332. The van der Waals surface area contributed by atoms with Gasteiger partial charge in [0, 0.05) is 0 Å². The Morgan fingerprint density at radius 2 is 1.90 bits per heavy atom. The van der Waals surface area contributed by atoms with Gasteiger partial charge in [0.2, 0.25) is 0 Å². The van der Waals surface area contributed by atoms with Gasteiger partial charge in [-0.1, -0.05) is 6.07 Å². The van der Waals surface area contributed by atoms with Gasteiger partial charge in [-0.15, -0.1) is 0 Å². The van der Waals surface area contributed by atoms with Gasteiger partial charge in [-0.3, -0.25) is 4.98 Å². The van der Waals surface area contributed by atoms with E-state index >= 15 is 0 Å². The fourth-order valence-corrected chi connectivity index (χ4v) is 1.88. The summed E-state index contributed by atoms with van der Waals surface area (Å²) in [5, 5.41) is 3.24. The van der Waals surface area contributed by atoms with Crippen LogP contribution in [0.3, 0.4) is 0 Å². The lowest BCUT2D eigenvalue weighted by molar-refractivity contribution is 0.354. The third kappa shape index (κ3) is 3.09. The Bertz CT molecular complexity index is 589. The minimum Gasteiger partial charge on any atom is -0.493 e. The average Bonchev–Trinajstić information content (AvgIpc) is 2.46. The number of rotatable bonds is 5. The van der Waals surface area contributed by atoms with Gasteiger partial charge in [0.25, 0.3) is 0 Å². The standard InChI is InChI=1S/C14H18N4O2/c1-9(17-14-8-16-7-13(15)18-14)10-4-5-11(19-2)12(6-10)20-3/h4-9H,1-3H3,(H3,15,17,18). The summed E-state index contributed by atoms with van der Waals surface area (Å²) in [6, 6.07) is 5.80. The summed E-state index contributed by atoms with van der Waals surface area (Å²) < 4.78 is 10.5. The number of hydrogen-bond acceptors (Lipinski definition) is 6. The zero-order valence-electron chi connectivity index (χ0n) is 11.8. The molecular weight excluding hydrogens is 256 g/mol. The largest absolute Gasteiger partial charge is 0.493 e. The van der Waals surface area contributed by atoms with Gasteiger partial charge in [-0.2, -0.15) is 0 Å². The average molecular weight is 274 g/mol. The molecule has 0 aliphatic carbocycles. The number of nitrogens with two attached hydrogens (primary N) is 1. The Kier molecular flexibility index (Phi) is 4.24. The molecule has 2 rings (SSSR count). The topological polar surface area (TPSA) is 82.3 Å². The van der Waals surface area contributed by atoms with Crippen LogP contribution in [0, 0.1) is 0 Å². The van der Waals surface area contributed by atoms with Crippen molar-refractivity contribution in [3.8, 4) is 11.5 Å². The van der Waals surface area contributed by atoms with Gasteiger partial charge in [0.15, 0.2) is 11.5 Å². The number of aromatic nitrogens is 2. The molecule has 1 aromatic heterocycles. The summed E-state index contributed by atoms with van der Waals surface area (Å²) in [5.41, 5.74) is 6.65. The summed E-state index contributed by atoms with van der Waals surface area (Å²) >= 11 is 0. The van der Waals surface area contributed by atoms with E-state index in [4.69, 9.17) is 15.2 Å². The van der Waals surface area contributed by atoms with Crippen molar-refractivity contribution in [1.82, 2.24) is 9.97 Å². The number of nitrogen functional groups attached to an aromatic ring is 1. The van der Waals surface area contributed by atoms with Crippen LogP contribution < -0.4 is 20.5 Å². The van der Waals surface area contributed by atoms with E-state index in [0.29, 0.717) is 23.1 Å². The molecule has 0 amide bonds. The van der Waals surface area contributed by atoms with Crippen molar-refractivity contribution in [3.05, 3.63) is 36.2 Å². The van der Waals surface area contributed by atoms with E-state index in [1.54, 1.807) is 20.4 Å². The highest BCUT2D eigenvalue weighted by molar-refractivity contribution is 5.46. The first-order chi connectivity index (χ1) is 9.63. The number of ether oxygens (including phenoxy) is 2. The Labute approximate surface area is 118 Å². The van der Waals surface area contributed by atoms with Crippen LogP contribution in [0.15, 0.2) is 30.6 Å². The van der Waals surface area contributed by atoms with Crippen molar-refractivity contribution < 1.29 is 9.47 Å². The molecule has 1 atom stereocenters. The first kappa shape index (κ1) is 13.9. The number of anilines is 2. The van der Waals surface area contributed by atoms with Crippen LogP contribution in [-0.2, 0) is 0 Å². The Balaban J connectivity index is 2.18. The number of nitrogens with one attached hydrogen (secondary N) is 1. The molecule has 0 saturated heterocycles. The fourth-order valence-electron chi connectivity index (χ4n) is 1.88. The molecule has 2 aromatic rings. The normalized spacial score (nSPS) is 11.8. The van der Waals surface area contributed by atoms with Crippen LogP contribution in [0.1, 0.15) is 18.5 Å². The lowest BCUT2D eigenvalue weighted by atomic mass is 10.1. The summed E-state index contributed by atoms with van der Waals surface area (Å²) in [6.45, 7) is 2.02. The molecular formula is C14H18N4O2. The molecule has 6 heteroatoms. The predicted molar refractivity (Wildman–Crippen MR) is 78.0 cm³/mol. The third-order valence-corrected chi connectivity index (χ3v) is 2.93. The van der Waals surface area contributed by atoms with E-state index in [-0.39, 0.29) is 6.04 Å². The number of hydrogen-bond donors (Lipinski definition) is 2. The van der Waals surface area contributed by atoms with Crippen LogP contribution in [0.4, 0.5) is 11.6 Å². The summed E-state index contributed by atoms with van der Waals surface area (Å²) in [6.07, 6.45) is 3.14. The summed E-state index contributed by atoms with van der Waals surface area (Å²) in [5.74, 6) is 2.41. The molecule has 3 N–H and O–H groups in total. The fraction of sp³-hybridized carbons (Fsp3) is 0.286. The second kappa shape index (κ2) is 6.10. The second-order valence-corrected chi connectivity index (χ2v) is 4.31. The van der Waals surface area contributed by atoms with Crippen LogP contribution in [0.25, 0.3) is 0 Å². The summed E-state index contributed by atoms with van der Waals surface area (Å²) in [4.78, 5) is 8.16. The van der Waals surface area contributed by atoms with E-state index in [2.05, 4.69) is 15.3 Å². The van der Waals surface area contributed by atoms with E-state index in [9.17, 15) is 0 Å². The molecule has 1 unspecified atom stereocenters. The highest BCUT2D eigenvalue weighted by Gasteiger charge is 2.10. The zero-order valence-corrected chi connectivity index (χ0v) is 11.8. The highest BCUT2D eigenvalue weighted by Crippen LogP contribution is 2.30. The molecule has 1 heterocycles. The van der Waals surface area contributed by atoms with Crippen LogP contribution in [0.2, 0.25) is 0 Å². The Morgan fingerprint density at radius 3 is 2.55 bits per heavy atom. The summed E-state index contributed by atoms with van der Waals surface area (Å²) in [7, 11) is 3.23. The first-order valence-electron chi connectivity index (χ1n) is 6.20. The Morgan fingerprint density at radius 1 is 1.15 bits per heavy atom. The molecule has 6 nitrogen and oxygen atoms in total. The van der Waals surface area contributed by atoms with E-state index in [1.165, 1.54) is 6.20 Å². The van der Waals surface area contributed by atoms with Crippen LogP contribution in [-0.4, -0.2) is 24.2 Å². The molecule has 0 aliphatic heterocycles. The molecule has 106 valence electrons. The molecule has 0 bridgehead atoms. The maximum Gasteiger partial charge on any atom is 0.161 e.